The number of phosphoric acid groups is 1. The summed E-state index contributed by atoms with van der Waals surface area (Å²) in [5, 5.41) is 13.8. The minimum absolute atomic E-state index is 0.0607. The van der Waals surface area contributed by atoms with E-state index in [9.17, 15) is 19.4 Å². The Morgan fingerprint density at radius 1 is 0.635 bits per heavy atom. The molecular formula is C43H86N2O6P+. The fraction of sp³-hybridized carbons (Fsp3) is 0.884. The first-order valence-corrected chi connectivity index (χ1v) is 23.2. The fourth-order valence-corrected chi connectivity index (χ4v) is 6.90. The molecule has 0 aliphatic carbocycles. The van der Waals surface area contributed by atoms with Crippen molar-refractivity contribution in [1.29, 1.82) is 0 Å². The normalized spacial score (nSPS) is 14.7. The maximum atomic E-state index is 12.8. The molecule has 8 nitrogen and oxygen atoms in total. The van der Waals surface area contributed by atoms with Gasteiger partial charge in [0.2, 0.25) is 5.91 Å². The van der Waals surface area contributed by atoms with Gasteiger partial charge in [0.15, 0.2) is 0 Å². The number of amides is 1. The van der Waals surface area contributed by atoms with Crippen molar-refractivity contribution in [2.75, 3.05) is 40.9 Å². The zero-order chi connectivity index (χ0) is 38.6. The van der Waals surface area contributed by atoms with Crippen LogP contribution in [-0.2, 0) is 18.4 Å². The van der Waals surface area contributed by atoms with E-state index in [-0.39, 0.29) is 19.1 Å². The first-order valence-electron chi connectivity index (χ1n) is 21.7. The van der Waals surface area contributed by atoms with Gasteiger partial charge in [-0.15, -0.1) is 0 Å². The lowest BCUT2D eigenvalue weighted by Gasteiger charge is -2.25. The van der Waals surface area contributed by atoms with Crippen molar-refractivity contribution < 1.29 is 32.9 Å². The van der Waals surface area contributed by atoms with Crippen LogP contribution in [0.1, 0.15) is 194 Å². The fourth-order valence-electron chi connectivity index (χ4n) is 6.16. The van der Waals surface area contributed by atoms with E-state index in [2.05, 4.69) is 31.3 Å². The number of aliphatic hydroxyl groups is 1. The highest BCUT2D eigenvalue weighted by Crippen LogP contribution is 2.43. The lowest BCUT2D eigenvalue weighted by molar-refractivity contribution is -0.870. The molecule has 0 rings (SSSR count). The number of quaternary nitrogens is 1. The molecule has 0 heterocycles. The lowest BCUT2D eigenvalue weighted by Crippen LogP contribution is -2.45. The van der Waals surface area contributed by atoms with Gasteiger partial charge in [-0.05, 0) is 38.5 Å². The number of unbranched alkanes of at least 4 members (excludes halogenated alkanes) is 24. The number of carbonyl (C=O) groups is 1. The van der Waals surface area contributed by atoms with Crippen molar-refractivity contribution >= 4 is 13.7 Å². The van der Waals surface area contributed by atoms with E-state index in [4.69, 9.17) is 9.05 Å². The average molecular weight is 758 g/mol. The highest BCUT2D eigenvalue weighted by molar-refractivity contribution is 7.47. The second-order valence-corrected chi connectivity index (χ2v) is 17.5. The number of likely N-dealkylation sites (N-methyl/N-ethyl adjacent to an activating group) is 1. The van der Waals surface area contributed by atoms with Crippen LogP contribution in [-0.4, -0.2) is 73.4 Å². The molecule has 0 saturated carbocycles. The smallest absolute Gasteiger partial charge is 0.387 e. The van der Waals surface area contributed by atoms with Crippen molar-refractivity contribution in [3.63, 3.8) is 0 Å². The van der Waals surface area contributed by atoms with Gasteiger partial charge in [-0.25, -0.2) is 4.57 Å². The van der Waals surface area contributed by atoms with Crippen molar-refractivity contribution in [3.05, 3.63) is 24.3 Å². The van der Waals surface area contributed by atoms with Crippen LogP contribution in [0.5, 0.6) is 0 Å². The molecule has 9 heteroatoms. The van der Waals surface area contributed by atoms with Gasteiger partial charge in [0.1, 0.15) is 13.2 Å². The molecule has 0 aromatic rings. The average Bonchev–Trinajstić information content (AvgIpc) is 3.09. The molecule has 52 heavy (non-hydrogen) atoms. The van der Waals surface area contributed by atoms with Crippen LogP contribution >= 0.6 is 7.82 Å². The summed E-state index contributed by atoms with van der Waals surface area (Å²) in [5.74, 6) is -0.189. The van der Waals surface area contributed by atoms with Gasteiger partial charge < -0.3 is 19.8 Å². The Kier molecular flexibility index (Phi) is 35.0. The van der Waals surface area contributed by atoms with E-state index in [0.29, 0.717) is 17.4 Å². The van der Waals surface area contributed by atoms with Crippen molar-refractivity contribution in [1.82, 2.24) is 5.32 Å². The van der Waals surface area contributed by atoms with E-state index >= 15 is 0 Å². The third kappa shape index (κ3) is 37.3. The van der Waals surface area contributed by atoms with Gasteiger partial charge in [-0.2, -0.15) is 0 Å². The molecule has 0 aromatic heterocycles. The van der Waals surface area contributed by atoms with Gasteiger partial charge in [0, 0.05) is 6.42 Å². The molecular weight excluding hydrogens is 671 g/mol. The van der Waals surface area contributed by atoms with Gasteiger partial charge in [-0.3, -0.25) is 13.8 Å². The summed E-state index contributed by atoms with van der Waals surface area (Å²) < 4.78 is 23.5. The number of allylic oxidation sites excluding steroid dienone is 3. The van der Waals surface area contributed by atoms with E-state index in [1.165, 1.54) is 116 Å². The van der Waals surface area contributed by atoms with Crippen LogP contribution in [0.4, 0.5) is 0 Å². The second kappa shape index (κ2) is 35.7. The van der Waals surface area contributed by atoms with E-state index in [0.717, 1.165) is 57.8 Å². The summed E-state index contributed by atoms with van der Waals surface area (Å²) in [6.07, 6.45) is 41.1. The van der Waals surface area contributed by atoms with Gasteiger partial charge in [0.25, 0.3) is 0 Å². The number of hydrogen-bond acceptors (Lipinski definition) is 5. The number of phosphoric ester groups is 1. The maximum absolute atomic E-state index is 12.8. The first kappa shape index (κ1) is 51.0. The topological polar surface area (TPSA) is 105 Å². The van der Waals surface area contributed by atoms with Crippen molar-refractivity contribution in [2.24, 2.45) is 0 Å². The van der Waals surface area contributed by atoms with E-state index < -0.39 is 20.0 Å². The SMILES string of the molecule is CCC/C=C\CCCCCCCC(=O)NC(COP(=O)(O)OCC[N+](C)(C)C)C(O)/C=C/CCCCCCCCCCCCCCCCCCCC. The molecule has 3 unspecified atom stereocenters. The second-order valence-electron chi connectivity index (χ2n) is 16.1. The first-order chi connectivity index (χ1) is 25.0. The van der Waals surface area contributed by atoms with Crippen molar-refractivity contribution in [3.8, 4) is 0 Å². The summed E-state index contributed by atoms with van der Waals surface area (Å²) in [4.78, 5) is 23.0. The highest BCUT2D eigenvalue weighted by atomic mass is 31.2. The Labute approximate surface area is 322 Å². The number of aliphatic hydroxyl groups excluding tert-OH is 1. The standard InChI is InChI=1S/C43H85N2O6P/c1-6-8-10-12-14-16-18-19-20-21-22-23-24-25-26-27-28-30-32-34-36-42(46)41(40-51-52(48,49)50-39-38-45(3,4)5)44-43(47)37-35-33-31-29-17-15-13-11-9-7-2/h11,13,34,36,41-42,46H,6-10,12,14-33,35,37-40H2,1-5H3,(H-,44,47,48,49)/p+1/b13-11-,36-34+. The molecule has 0 bridgehead atoms. The third-order valence-corrected chi connectivity index (χ3v) is 10.6. The van der Waals surface area contributed by atoms with Crippen molar-refractivity contribution in [2.45, 2.75) is 206 Å². The molecule has 0 aliphatic heterocycles. The predicted molar refractivity (Wildman–Crippen MR) is 221 cm³/mol. The molecule has 1 amide bonds. The number of hydrogen-bond donors (Lipinski definition) is 3. The summed E-state index contributed by atoms with van der Waals surface area (Å²) in [6.45, 7) is 4.74. The Balaban J connectivity index is 4.36. The zero-order valence-electron chi connectivity index (χ0n) is 34.8. The summed E-state index contributed by atoms with van der Waals surface area (Å²) in [5.41, 5.74) is 0. The lowest BCUT2D eigenvalue weighted by atomic mass is 10.0. The summed E-state index contributed by atoms with van der Waals surface area (Å²) in [7, 11) is 1.57. The molecule has 0 spiro atoms. The Morgan fingerprint density at radius 3 is 1.56 bits per heavy atom. The largest absolute Gasteiger partial charge is 0.472 e. The van der Waals surface area contributed by atoms with Crippen LogP contribution < -0.4 is 5.32 Å². The predicted octanol–water partition coefficient (Wildman–Crippen LogP) is 11.7. The van der Waals surface area contributed by atoms with Gasteiger partial charge in [0.05, 0.1) is 39.9 Å². The quantitative estimate of drug-likeness (QED) is 0.0250. The molecule has 0 radical (unpaired) electrons. The molecule has 0 aromatic carbocycles. The number of nitrogens with zero attached hydrogens (tertiary/aromatic N) is 1. The minimum atomic E-state index is -4.33. The molecule has 3 atom stereocenters. The Morgan fingerprint density at radius 2 is 1.08 bits per heavy atom. The Hall–Kier alpha value is -1.02. The van der Waals surface area contributed by atoms with Crippen LogP contribution in [0, 0.1) is 0 Å². The molecule has 3 N–H and O–H groups in total. The van der Waals surface area contributed by atoms with Crippen LogP contribution in [0.25, 0.3) is 0 Å². The molecule has 0 aliphatic rings. The summed E-state index contributed by atoms with van der Waals surface area (Å²) in [6, 6.07) is -0.846. The van der Waals surface area contributed by atoms with Gasteiger partial charge in [-0.1, -0.05) is 173 Å². The maximum Gasteiger partial charge on any atom is 0.472 e. The number of rotatable bonds is 39. The number of nitrogens with one attached hydrogen (secondary N) is 1. The highest BCUT2D eigenvalue weighted by Gasteiger charge is 2.27. The monoisotopic (exact) mass is 758 g/mol. The number of carbonyl (C=O) groups excluding carboxylic acids is 1. The van der Waals surface area contributed by atoms with E-state index in [1.54, 1.807) is 6.08 Å². The Bertz CT molecular complexity index is 907. The minimum Gasteiger partial charge on any atom is -0.387 e. The van der Waals surface area contributed by atoms with E-state index in [1.807, 2.05) is 27.2 Å². The van der Waals surface area contributed by atoms with Gasteiger partial charge >= 0.3 is 7.82 Å². The zero-order valence-corrected chi connectivity index (χ0v) is 35.7. The molecule has 308 valence electrons. The third-order valence-electron chi connectivity index (χ3n) is 9.65. The summed E-state index contributed by atoms with van der Waals surface area (Å²) >= 11 is 0. The molecule has 0 fully saturated rings. The van der Waals surface area contributed by atoms with Crippen LogP contribution in [0.3, 0.4) is 0 Å². The van der Waals surface area contributed by atoms with Crippen LogP contribution in [0.15, 0.2) is 24.3 Å². The molecule has 0 saturated heterocycles. The van der Waals surface area contributed by atoms with Crippen LogP contribution in [0.2, 0.25) is 0 Å².